The Hall–Kier alpha value is -2.84. The van der Waals surface area contributed by atoms with E-state index in [0.29, 0.717) is 37.6 Å². The molecule has 3 heterocycles. The lowest BCUT2D eigenvalue weighted by Gasteiger charge is -2.35. The van der Waals surface area contributed by atoms with Gasteiger partial charge in [-0.1, -0.05) is 0 Å². The van der Waals surface area contributed by atoms with E-state index in [0.717, 1.165) is 11.6 Å². The van der Waals surface area contributed by atoms with Gasteiger partial charge >= 0.3 is 0 Å². The molecule has 0 aromatic carbocycles. The zero-order chi connectivity index (χ0) is 18.0. The van der Waals surface area contributed by atoms with Crippen molar-refractivity contribution < 1.29 is 9.53 Å². The molecular weight excluding hydrogens is 322 g/mol. The summed E-state index contributed by atoms with van der Waals surface area (Å²) < 4.78 is 6.77. The second kappa shape index (κ2) is 6.96. The summed E-state index contributed by atoms with van der Waals surface area (Å²) in [4.78, 5) is 18.6. The highest BCUT2D eigenvalue weighted by Crippen LogP contribution is 2.20. The second-order valence-corrected chi connectivity index (χ2v) is 6.15. The fraction of sp³-hybridized carbons (Fsp3) is 0.500. The predicted molar refractivity (Wildman–Crippen MR) is 94.2 cm³/mol. The molecule has 1 amide bonds. The number of nitrogens with zero attached hydrogens (tertiary/aromatic N) is 7. The first-order chi connectivity index (χ1) is 12.0. The molecular formula is C16H23N7O2. The number of rotatable bonds is 4. The van der Waals surface area contributed by atoms with E-state index in [1.54, 1.807) is 17.9 Å². The van der Waals surface area contributed by atoms with Crippen molar-refractivity contribution in [2.45, 2.75) is 0 Å². The summed E-state index contributed by atoms with van der Waals surface area (Å²) in [6.07, 6.45) is 1.69. The molecule has 0 radical (unpaired) electrons. The number of carbonyl (C=O) groups is 1. The first kappa shape index (κ1) is 17.0. The van der Waals surface area contributed by atoms with Crippen molar-refractivity contribution in [2.24, 2.45) is 7.05 Å². The average Bonchev–Trinajstić information content (AvgIpc) is 3.02. The van der Waals surface area contributed by atoms with Crippen LogP contribution in [0, 0.1) is 0 Å². The number of methoxy groups -OCH3 is 1. The molecule has 1 aliphatic heterocycles. The highest BCUT2D eigenvalue weighted by atomic mass is 16.5. The van der Waals surface area contributed by atoms with E-state index in [4.69, 9.17) is 4.74 Å². The zero-order valence-corrected chi connectivity index (χ0v) is 15.0. The molecule has 2 aromatic heterocycles. The Morgan fingerprint density at radius 1 is 1.16 bits per heavy atom. The Kier molecular flexibility index (Phi) is 4.73. The van der Waals surface area contributed by atoms with Gasteiger partial charge in [0.15, 0.2) is 11.6 Å². The lowest BCUT2D eigenvalue weighted by molar-refractivity contribution is 0.0743. The number of aromatic nitrogens is 4. The van der Waals surface area contributed by atoms with E-state index in [-0.39, 0.29) is 5.91 Å². The quantitative estimate of drug-likeness (QED) is 0.786. The van der Waals surface area contributed by atoms with Gasteiger partial charge in [0.1, 0.15) is 5.56 Å². The summed E-state index contributed by atoms with van der Waals surface area (Å²) in [5.74, 6) is 1.96. The van der Waals surface area contributed by atoms with Gasteiger partial charge in [-0.05, 0) is 12.1 Å². The summed E-state index contributed by atoms with van der Waals surface area (Å²) in [7, 11) is 7.15. The normalized spacial score (nSPS) is 14.6. The minimum atomic E-state index is -0.0568. The maximum atomic E-state index is 12.7. The lowest BCUT2D eigenvalue weighted by Crippen LogP contribution is -2.49. The highest BCUT2D eigenvalue weighted by molar-refractivity contribution is 5.96. The number of amides is 1. The molecule has 9 heteroatoms. The van der Waals surface area contributed by atoms with Crippen LogP contribution >= 0.6 is 0 Å². The largest absolute Gasteiger partial charge is 0.479 e. The number of carbonyl (C=O) groups excluding carboxylic acids is 1. The molecule has 1 saturated heterocycles. The first-order valence-electron chi connectivity index (χ1n) is 8.12. The monoisotopic (exact) mass is 345 g/mol. The number of piperazine rings is 1. The van der Waals surface area contributed by atoms with Gasteiger partial charge in [-0.2, -0.15) is 0 Å². The molecule has 134 valence electrons. The fourth-order valence-corrected chi connectivity index (χ4v) is 2.80. The van der Waals surface area contributed by atoms with E-state index in [1.165, 1.54) is 7.11 Å². The van der Waals surface area contributed by atoms with Gasteiger partial charge < -0.3 is 19.4 Å². The van der Waals surface area contributed by atoms with Crippen LogP contribution in [0.1, 0.15) is 10.4 Å². The third-order valence-corrected chi connectivity index (χ3v) is 4.20. The molecule has 25 heavy (non-hydrogen) atoms. The fourth-order valence-electron chi connectivity index (χ4n) is 2.80. The highest BCUT2D eigenvalue weighted by Gasteiger charge is 2.26. The van der Waals surface area contributed by atoms with Crippen molar-refractivity contribution in [3.63, 3.8) is 0 Å². The molecule has 0 saturated carbocycles. The number of anilines is 2. The molecule has 0 atom stereocenters. The summed E-state index contributed by atoms with van der Waals surface area (Å²) in [6.45, 7) is 2.66. The topological polar surface area (TPSA) is 79.6 Å². The summed E-state index contributed by atoms with van der Waals surface area (Å²) in [6, 6.07) is 3.91. The minimum Gasteiger partial charge on any atom is -0.479 e. The van der Waals surface area contributed by atoms with Crippen LogP contribution in [-0.4, -0.2) is 78.2 Å². The van der Waals surface area contributed by atoms with Gasteiger partial charge in [-0.25, -0.2) is 0 Å². The summed E-state index contributed by atoms with van der Waals surface area (Å²) in [5.41, 5.74) is 0.494. The van der Waals surface area contributed by atoms with E-state index in [2.05, 4.69) is 20.2 Å². The van der Waals surface area contributed by atoms with E-state index in [1.807, 2.05) is 36.0 Å². The van der Waals surface area contributed by atoms with Crippen LogP contribution in [0.4, 0.5) is 11.6 Å². The Bertz CT molecular complexity index is 733. The molecule has 1 aliphatic rings. The van der Waals surface area contributed by atoms with Gasteiger partial charge in [-0.15, -0.1) is 15.3 Å². The predicted octanol–water partition coefficient (Wildman–Crippen LogP) is 0.247. The third-order valence-electron chi connectivity index (χ3n) is 4.20. The Morgan fingerprint density at radius 3 is 2.44 bits per heavy atom. The van der Waals surface area contributed by atoms with Crippen LogP contribution in [0.3, 0.4) is 0 Å². The van der Waals surface area contributed by atoms with Gasteiger partial charge in [0.05, 0.1) is 7.11 Å². The molecule has 0 aliphatic carbocycles. The maximum Gasteiger partial charge on any atom is 0.261 e. The van der Waals surface area contributed by atoms with Crippen molar-refractivity contribution in [1.29, 1.82) is 0 Å². The van der Waals surface area contributed by atoms with Crippen molar-refractivity contribution in [3.05, 3.63) is 23.9 Å². The van der Waals surface area contributed by atoms with E-state index < -0.39 is 0 Å². The van der Waals surface area contributed by atoms with Gasteiger partial charge in [0, 0.05) is 53.5 Å². The Balaban J connectivity index is 1.64. The van der Waals surface area contributed by atoms with Crippen LogP contribution in [0.5, 0.6) is 5.88 Å². The van der Waals surface area contributed by atoms with Crippen LogP contribution in [0.2, 0.25) is 0 Å². The van der Waals surface area contributed by atoms with Crippen LogP contribution in [-0.2, 0) is 7.05 Å². The number of hydrogen-bond donors (Lipinski definition) is 0. The molecule has 2 aromatic rings. The number of ether oxygens (including phenoxy) is 1. The van der Waals surface area contributed by atoms with Crippen molar-refractivity contribution >= 4 is 17.5 Å². The summed E-state index contributed by atoms with van der Waals surface area (Å²) >= 11 is 0. The van der Waals surface area contributed by atoms with Gasteiger partial charge in [0.25, 0.3) is 5.91 Å². The van der Waals surface area contributed by atoms with Crippen LogP contribution in [0.25, 0.3) is 0 Å². The number of hydrogen-bond acceptors (Lipinski definition) is 7. The van der Waals surface area contributed by atoms with E-state index >= 15 is 0 Å². The van der Waals surface area contributed by atoms with Crippen LogP contribution in [0.15, 0.2) is 18.3 Å². The van der Waals surface area contributed by atoms with E-state index in [9.17, 15) is 4.79 Å². The standard InChI is InChI=1S/C16H23N7O2/c1-20(2)13-5-6-14(18-17-13)22-7-9-23(10-8-22)16(24)12-11-21(3)19-15(12)25-4/h5-6,11H,7-10H2,1-4H3. The molecule has 1 fully saturated rings. The number of aryl methyl sites for hydroxylation is 1. The van der Waals surface area contributed by atoms with Gasteiger partial charge in [0.2, 0.25) is 5.88 Å². The molecule has 0 unspecified atom stereocenters. The smallest absolute Gasteiger partial charge is 0.261 e. The zero-order valence-electron chi connectivity index (χ0n) is 15.0. The van der Waals surface area contributed by atoms with Crippen molar-refractivity contribution in [2.75, 3.05) is 57.2 Å². The third kappa shape index (κ3) is 3.49. The first-order valence-corrected chi connectivity index (χ1v) is 8.12. The SMILES string of the molecule is COc1nn(C)cc1C(=O)N1CCN(c2ccc(N(C)C)nn2)CC1. The second-order valence-electron chi connectivity index (χ2n) is 6.15. The Labute approximate surface area is 146 Å². The van der Waals surface area contributed by atoms with Crippen molar-refractivity contribution in [1.82, 2.24) is 24.9 Å². The minimum absolute atomic E-state index is 0.0568. The lowest BCUT2D eigenvalue weighted by atomic mass is 10.2. The molecule has 3 rings (SSSR count). The Morgan fingerprint density at radius 2 is 1.88 bits per heavy atom. The van der Waals surface area contributed by atoms with Crippen LogP contribution < -0.4 is 14.5 Å². The maximum absolute atomic E-state index is 12.7. The molecule has 9 nitrogen and oxygen atoms in total. The summed E-state index contributed by atoms with van der Waals surface area (Å²) in [5, 5.41) is 12.6. The average molecular weight is 345 g/mol. The molecule has 0 bridgehead atoms. The molecule has 0 spiro atoms. The molecule has 0 N–H and O–H groups in total. The van der Waals surface area contributed by atoms with Crippen molar-refractivity contribution in [3.8, 4) is 5.88 Å². The van der Waals surface area contributed by atoms with Gasteiger partial charge in [-0.3, -0.25) is 9.48 Å².